The second-order valence-electron chi connectivity index (χ2n) is 12.1. The summed E-state index contributed by atoms with van der Waals surface area (Å²) in [4.78, 5) is 38.4. The highest BCUT2D eigenvalue weighted by Crippen LogP contribution is 2.34. The highest BCUT2D eigenvalue weighted by atomic mass is 19.1. The molecular weight excluding hydrogens is 519 g/mol. The maximum Gasteiger partial charge on any atom is 0.408 e. The van der Waals surface area contributed by atoms with Gasteiger partial charge in [-0.05, 0) is 63.5 Å². The van der Waals surface area contributed by atoms with Crippen LogP contribution in [0.15, 0.2) is 18.2 Å². The first-order chi connectivity index (χ1) is 18.7. The summed E-state index contributed by atoms with van der Waals surface area (Å²) < 4.78 is 36.3. The third kappa shape index (κ3) is 10.6. The van der Waals surface area contributed by atoms with Crippen molar-refractivity contribution in [3.8, 4) is 5.75 Å². The van der Waals surface area contributed by atoms with Gasteiger partial charge in [0.05, 0.1) is 24.3 Å². The molecule has 1 saturated heterocycles. The van der Waals surface area contributed by atoms with E-state index in [-0.39, 0.29) is 60.0 Å². The molecule has 9 nitrogen and oxygen atoms in total. The zero-order valence-electron chi connectivity index (χ0n) is 25.2. The van der Waals surface area contributed by atoms with Gasteiger partial charge < -0.3 is 29.6 Å². The van der Waals surface area contributed by atoms with E-state index in [0.29, 0.717) is 25.9 Å². The molecule has 2 amide bonds. The Bertz CT molecular complexity index is 993. The van der Waals surface area contributed by atoms with Crippen LogP contribution < -0.4 is 15.4 Å². The molecule has 1 aromatic rings. The second-order valence-corrected chi connectivity index (χ2v) is 12.1. The predicted molar refractivity (Wildman–Crippen MR) is 151 cm³/mol. The maximum atomic E-state index is 14.5. The van der Waals surface area contributed by atoms with Crippen LogP contribution in [0.4, 0.5) is 14.9 Å². The van der Waals surface area contributed by atoms with Gasteiger partial charge >= 0.3 is 12.1 Å². The topological polar surface area (TPSA) is 112 Å². The van der Waals surface area contributed by atoms with E-state index < -0.39 is 29.7 Å². The van der Waals surface area contributed by atoms with Crippen molar-refractivity contribution in [3.05, 3.63) is 24.0 Å². The Hall–Kier alpha value is -2.88. The van der Waals surface area contributed by atoms with Crippen LogP contribution in [0.5, 0.6) is 5.75 Å². The van der Waals surface area contributed by atoms with Crippen LogP contribution >= 0.6 is 0 Å². The minimum absolute atomic E-state index is 0.0184. The zero-order valence-corrected chi connectivity index (χ0v) is 25.2. The van der Waals surface area contributed by atoms with Gasteiger partial charge in [-0.1, -0.05) is 33.8 Å². The number of methoxy groups -OCH3 is 1. The Morgan fingerprint density at radius 3 is 2.42 bits per heavy atom. The number of carbonyl (C=O) groups is 3. The van der Waals surface area contributed by atoms with Gasteiger partial charge in [0.2, 0.25) is 5.91 Å². The average Bonchev–Trinajstić information content (AvgIpc) is 3.23. The van der Waals surface area contributed by atoms with Crippen LogP contribution in [-0.2, 0) is 23.8 Å². The van der Waals surface area contributed by atoms with Crippen LogP contribution in [0.2, 0.25) is 0 Å². The van der Waals surface area contributed by atoms with E-state index in [2.05, 4.69) is 10.6 Å². The molecule has 1 aliphatic rings. The molecule has 0 bridgehead atoms. The Morgan fingerprint density at radius 2 is 1.85 bits per heavy atom. The van der Waals surface area contributed by atoms with E-state index in [1.165, 1.54) is 12.1 Å². The SMILES string of the molecule is COCCCOc1c(F)cccc1NC(=O)C[C@@H](C[C@H](NC(=O)OC(C)(C)C)[C@H]1C[C@@H](C(C)C)C(=O)O1)C(C)C. The number of esters is 1. The van der Waals surface area contributed by atoms with Gasteiger partial charge in [0.25, 0.3) is 0 Å². The molecule has 2 rings (SSSR count). The fraction of sp³-hybridized carbons (Fsp3) is 0.700. The van der Waals surface area contributed by atoms with E-state index in [9.17, 15) is 18.8 Å². The van der Waals surface area contributed by atoms with Crippen molar-refractivity contribution in [2.45, 2.75) is 91.9 Å². The first kappa shape index (κ1) is 33.3. The van der Waals surface area contributed by atoms with Gasteiger partial charge in [-0.2, -0.15) is 0 Å². The van der Waals surface area contributed by atoms with Crippen LogP contribution in [0, 0.1) is 29.5 Å². The van der Waals surface area contributed by atoms with Crippen molar-refractivity contribution in [1.82, 2.24) is 5.32 Å². The molecule has 1 heterocycles. The second kappa shape index (κ2) is 15.2. The molecule has 0 unspecified atom stereocenters. The minimum Gasteiger partial charge on any atom is -0.488 e. The molecule has 0 radical (unpaired) electrons. The lowest BCUT2D eigenvalue weighted by atomic mass is 9.83. The standard InChI is InChI=1S/C30H47FN2O7/c1-18(2)20(16-26(34)32-23-12-9-11-22(31)27(23)38-14-10-13-37-8)15-24(33-29(36)40-30(5,6)7)25-17-21(19(3)4)28(35)39-25/h9,11-12,18-21,24-25H,10,13-17H2,1-8H3,(H,32,34)(H,33,36)/t20-,21+,24+,25-/m1/s1. The number of anilines is 1. The lowest BCUT2D eigenvalue weighted by molar-refractivity contribution is -0.146. The summed E-state index contributed by atoms with van der Waals surface area (Å²) in [5.74, 6) is -1.47. The number of alkyl carbamates (subject to hydrolysis) is 1. The monoisotopic (exact) mass is 566 g/mol. The molecule has 2 N–H and O–H groups in total. The number of hydrogen-bond donors (Lipinski definition) is 2. The zero-order chi connectivity index (χ0) is 30.0. The molecule has 10 heteroatoms. The lowest BCUT2D eigenvalue weighted by Gasteiger charge is -2.31. The number of rotatable bonds is 14. The van der Waals surface area contributed by atoms with Gasteiger partial charge in [-0.15, -0.1) is 0 Å². The molecule has 0 aliphatic carbocycles. The number of benzene rings is 1. The Kier molecular flexibility index (Phi) is 12.7. The normalized spacial score (nSPS) is 18.8. The summed E-state index contributed by atoms with van der Waals surface area (Å²) in [5.41, 5.74) is -0.453. The third-order valence-corrected chi connectivity index (χ3v) is 6.94. The number of nitrogens with one attached hydrogen (secondary N) is 2. The molecule has 40 heavy (non-hydrogen) atoms. The number of para-hydroxylation sites is 1. The van der Waals surface area contributed by atoms with Gasteiger partial charge in [0.15, 0.2) is 11.6 Å². The summed E-state index contributed by atoms with van der Waals surface area (Å²) in [7, 11) is 1.58. The molecule has 4 atom stereocenters. The minimum atomic E-state index is -0.701. The van der Waals surface area contributed by atoms with E-state index >= 15 is 0 Å². The summed E-state index contributed by atoms with van der Waals surface area (Å²) in [6.07, 6.45) is 0.398. The van der Waals surface area contributed by atoms with Crippen LogP contribution in [0.3, 0.4) is 0 Å². The molecule has 1 fully saturated rings. The molecule has 226 valence electrons. The van der Waals surface area contributed by atoms with Gasteiger partial charge in [0.1, 0.15) is 11.7 Å². The quantitative estimate of drug-likeness (QED) is 0.219. The van der Waals surface area contributed by atoms with Gasteiger partial charge in [-0.25, -0.2) is 9.18 Å². The molecular formula is C30H47FN2O7. The Labute approximate surface area is 237 Å². The summed E-state index contributed by atoms with van der Waals surface area (Å²) in [6, 6.07) is 3.83. The number of amides is 2. The van der Waals surface area contributed by atoms with Crippen molar-refractivity contribution >= 4 is 23.7 Å². The van der Waals surface area contributed by atoms with Crippen molar-refractivity contribution in [1.29, 1.82) is 0 Å². The summed E-state index contributed by atoms with van der Waals surface area (Å²) in [6.45, 7) is 13.9. The molecule has 0 spiro atoms. The highest BCUT2D eigenvalue weighted by Gasteiger charge is 2.42. The van der Waals surface area contributed by atoms with E-state index in [0.717, 1.165) is 0 Å². The average molecular weight is 567 g/mol. The lowest BCUT2D eigenvalue weighted by Crippen LogP contribution is -2.47. The van der Waals surface area contributed by atoms with E-state index in [4.69, 9.17) is 18.9 Å². The molecule has 0 saturated carbocycles. The number of halogens is 1. The first-order valence-electron chi connectivity index (χ1n) is 14.1. The first-order valence-corrected chi connectivity index (χ1v) is 14.1. The van der Waals surface area contributed by atoms with Crippen molar-refractivity contribution in [2.75, 3.05) is 25.6 Å². The number of cyclic esters (lactones) is 1. The van der Waals surface area contributed by atoms with Crippen molar-refractivity contribution < 1.29 is 37.7 Å². The predicted octanol–water partition coefficient (Wildman–Crippen LogP) is 5.71. The smallest absolute Gasteiger partial charge is 0.408 e. The van der Waals surface area contributed by atoms with Crippen LogP contribution in [0.1, 0.15) is 74.1 Å². The van der Waals surface area contributed by atoms with E-state index in [1.807, 2.05) is 27.7 Å². The van der Waals surface area contributed by atoms with Crippen molar-refractivity contribution in [2.24, 2.45) is 23.7 Å². The molecule has 0 aromatic heterocycles. The summed E-state index contributed by atoms with van der Waals surface area (Å²) in [5, 5.41) is 5.69. The number of carbonyl (C=O) groups excluding carboxylic acids is 3. The largest absolute Gasteiger partial charge is 0.488 e. The van der Waals surface area contributed by atoms with Crippen molar-refractivity contribution in [3.63, 3.8) is 0 Å². The van der Waals surface area contributed by atoms with Gasteiger partial charge in [-0.3, -0.25) is 9.59 Å². The third-order valence-electron chi connectivity index (χ3n) is 6.94. The highest BCUT2D eigenvalue weighted by molar-refractivity contribution is 5.92. The Morgan fingerprint density at radius 1 is 1.15 bits per heavy atom. The fourth-order valence-corrected chi connectivity index (χ4v) is 4.67. The Balaban J connectivity index is 2.17. The maximum absolute atomic E-state index is 14.5. The summed E-state index contributed by atoms with van der Waals surface area (Å²) >= 11 is 0. The molecule has 1 aromatic carbocycles. The van der Waals surface area contributed by atoms with Crippen LogP contribution in [0.25, 0.3) is 0 Å². The fourth-order valence-electron chi connectivity index (χ4n) is 4.67. The van der Waals surface area contributed by atoms with Crippen LogP contribution in [-0.4, -0.2) is 56.0 Å². The number of hydrogen-bond acceptors (Lipinski definition) is 7. The van der Waals surface area contributed by atoms with E-state index in [1.54, 1.807) is 33.9 Å². The van der Waals surface area contributed by atoms with Gasteiger partial charge in [0, 0.05) is 26.6 Å². The molecule has 1 aliphatic heterocycles. The number of ether oxygens (including phenoxy) is 4.